The molecule has 0 aromatic heterocycles. The van der Waals surface area contributed by atoms with Crippen LogP contribution in [-0.2, 0) is 9.59 Å². The predicted molar refractivity (Wildman–Crippen MR) is 98.8 cm³/mol. The third-order valence-corrected chi connectivity index (χ3v) is 3.45. The van der Waals surface area contributed by atoms with E-state index in [9.17, 15) is 14.0 Å². The lowest BCUT2D eigenvalue weighted by Crippen LogP contribution is -2.44. The number of carbonyl (C=O) groups excluding carboxylic acids is 2. The summed E-state index contributed by atoms with van der Waals surface area (Å²) in [5.41, 5.74) is 0.408. The second kappa shape index (κ2) is 10.1. The third-order valence-electron chi connectivity index (χ3n) is 3.45. The lowest BCUT2D eigenvalue weighted by molar-refractivity contribution is -0.133. The summed E-state index contributed by atoms with van der Waals surface area (Å²) < 4.78 is 13.1. The molecule has 0 aliphatic heterocycles. The highest BCUT2D eigenvalue weighted by Crippen LogP contribution is 2.09. The van der Waals surface area contributed by atoms with E-state index in [4.69, 9.17) is 0 Å². The monoisotopic (exact) mass is 351 g/mol. The van der Waals surface area contributed by atoms with E-state index in [1.54, 1.807) is 18.0 Å². The zero-order valence-electron chi connectivity index (χ0n) is 15.9. The van der Waals surface area contributed by atoms with Crippen LogP contribution in [0.5, 0.6) is 0 Å². The fraction of sp³-hybridized carbons (Fsp3) is 0.579. The standard InChI is InChI=1S/C19H30FN3O2/c1-14(2)10-23(11-15(3)4)19(25)13-22(5)12-18(24)21-17-8-6-7-16(20)9-17/h6-9,14-15H,10-13H2,1-5H3,(H,21,24). The molecule has 1 aromatic rings. The molecule has 2 amide bonds. The highest BCUT2D eigenvalue weighted by atomic mass is 19.1. The van der Waals surface area contributed by atoms with Gasteiger partial charge in [0.05, 0.1) is 13.1 Å². The molecule has 0 saturated carbocycles. The van der Waals surface area contributed by atoms with E-state index in [0.717, 1.165) is 0 Å². The maximum Gasteiger partial charge on any atom is 0.238 e. The Labute approximate surface area is 150 Å². The molecular weight excluding hydrogens is 321 g/mol. The molecule has 0 fully saturated rings. The van der Waals surface area contributed by atoms with Crippen LogP contribution in [0.15, 0.2) is 24.3 Å². The Morgan fingerprint density at radius 2 is 1.68 bits per heavy atom. The molecule has 0 saturated heterocycles. The largest absolute Gasteiger partial charge is 0.341 e. The van der Waals surface area contributed by atoms with Crippen LogP contribution in [0.25, 0.3) is 0 Å². The molecular formula is C19H30FN3O2. The first-order valence-electron chi connectivity index (χ1n) is 8.69. The molecule has 0 bridgehead atoms. The van der Waals surface area contributed by atoms with E-state index >= 15 is 0 Å². The van der Waals surface area contributed by atoms with Gasteiger partial charge in [0.15, 0.2) is 0 Å². The minimum Gasteiger partial charge on any atom is -0.341 e. The summed E-state index contributed by atoms with van der Waals surface area (Å²) >= 11 is 0. The zero-order valence-corrected chi connectivity index (χ0v) is 15.9. The van der Waals surface area contributed by atoms with Gasteiger partial charge in [0, 0.05) is 18.8 Å². The van der Waals surface area contributed by atoms with Gasteiger partial charge in [-0.15, -0.1) is 0 Å². The van der Waals surface area contributed by atoms with Crippen molar-refractivity contribution in [3.05, 3.63) is 30.1 Å². The molecule has 5 nitrogen and oxygen atoms in total. The average molecular weight is 351 g/mol. The van der Waals surface area contributed by atoms with Crippen molar-refractivity contribution < 1.29 is 14.0 Å². The summed E-state index contributed by atoms with van der Waals surface area (Å²) in [6.45, 7) is 9.98. The van der Waals surface area contributed by atoms with Crippen molar-refractivity contribution in [3.63, 3.8) is 0 Å². The number of likely N-dealkylation sites (N-methyl/N-ethyl adjacent to an activating group) is 1. The Kier molecular flexibility index (Phi) is 8.55. The van der Waals surface area contributed by atoms with Crippen molar-refractivity contribution in [1.82, 2.24) is 9.80 Å². The molecule has 0 aliphatic rings. The minimum atomic E-state index is -0.403. The molecule has 0 radical (unpaired) electrons. The van der Waals surface area contributed by atoms with Crippen LogP contribution in [0.4, 0.5) is 10.1 Å². The molecule has 0 spiro atoms. The summed E-state index contributed by atoms with van der Waals surface area (Å²) in [6, 6.07) is 5.74. The molecule has 1 aromatic carbocycles. The molecule has 1 N–H and O–H groups in total. The van der Waals surface area contributed by atoms with Crippen LogP contribution < -0.4 is 5.32 Å². The summed E-state index contributed by atoms with van der Waals surface area (Å²) in [7, 11) is 1.73. The van der Waals surface area contributed by atoms with Gasteiger partial charge in [0.1, 0.15) is 5.82 Å². The van der Waals surface area contributed by atoms with Gasteiger partial charge >= 0.3 is 0 Å². The SMILES string of the molecule is CC(C)CN(CC(C)C)C(=O)CN(C)CC(=O)Nc1cccc(F)c1. The molecule has 0 aliphatic carbocycles. The van der Waals surface area contributed by atoms with E-state index < -0.39 is 5.82 Å². The Morgan fingerprint density at radius 3 is 2.20 bits per heavy atom. The first kappa shape index (κ1) is 21.1. The minimum absolute atomic E-state index is 0.0171. The van der Waals surface area contributed by atoms with E-state index in [0.29, 0.717) is 30.6 Å². The number of rotatable bonds is 9. The zero-order chi connectivity index (χ0) is 19.0. The van der Waals surface area contributed by atoms with Crippen LogP contribution >= 0.6 is 0 Å². The van der Waals surface area contributed by atoms with Gasteiger partial charge in [-0.1, -0.05) is 33.8 Å². The first-order chi connectivity index (χ1) is 11.7. The van der Waals surface area contributed by atoms with Crippen molar-refractivity contribution >= 4 is 17.5 Å². The second-order valence-corrected chi connectivity index (χ2v) is 7.32. The molecule has 0 atom stereocenters. The molecule has 0 heterocycles. The van der Waals surface area contributed by atoms with E-state index in [2.05, 4.69) is 33.0 Å². The van der Waals surface area contributed by atoms with Crippen molar-refractivity contribution in [1.29, 1.82) is 0 Å². The van der Waals surface area contributed by atoms with Gasteiger partial charge in [-0.3, -0.25) is 14.5 Å². The molecule has 140 valence electrons. The van der Waals surface area contributed by atoms with E-state index in [1.807, 2.05) is 4.90 Å². The number of anilines is 1. The molecule has 0 unspecified atom stereocenters. The quantitative estimate of drug-likeness (QED) is 0.744. The maximum atomic E-state index is 13.1. The summed E-state index contributed by atoms with van der Waals surface area (Å²) in [5, 5.41) is 2.64. The van der Waals surface area contributed by atoms with E-state index in [1.165, 1.54) is 18.2 Å². The second-order valence-electron chi connectivity index (χ2n) is 7.32. The summed E-state index contributed by atoms with van der Waals surface area (Å²) in [4.78, 5) is 28.1. The van der Waals surface area contributed by atoms with Crippen LogP contribution in [0, 0.1) is 17.7 Å². The number of benzene rings is 1. The van der Waals surface area contributed by atoms with Crippen molar-refractivity contribution in [3.8, 4) is 0 Å². The number of carbonyl (C=O) groups is 2. The first-order valence-corrected chi connectivity index (χ1v) is 8.69. The van der Waals surface area contributed by atoms with Crippen molar-refractivity contribution in [2.24, 2.45) is 11.8 Å². The highest BCUT2D eigenvalue weighted by Gasteiger charge is 2.19. The third kappa shape index (κ3) is 8.63. The maximum absolute atomic E-state index is 13.1. The van der Waals surface area contributed by atoms with Crippen molar-refractivity contribution in [2.75, 3.05) is 38.5 Å². The van der Waals surface area contributed by atoms with Crippen molar-refractivity contribution in [2.45, 2.75) is 27.7 Å². The van der Waals surface area contributed by atoms with E-state index in [-0.39, 0.29) is 24.9 Å². The van der Waals surface area contributed by atoms with Gasteiger partial charge in [-0.2, -0.15) is 0 Å². The lowest BCUT2D eigenvalue weighted by Gasteiger charge is -2.28. The smallest absolute Gasteiger partial charge is 0.238 e. The van der Waals surface area contributed by atoms with Gasteiger partial charge in [-0.25, -0.2) is 4.39 Å². The fourth-order valence-electron chi connectivity index (χ4n) is 2.56. The number of nitrogens with one attached hydrogen (secondary N) is 1. The van der Waals surface area contributed by atoms with Gasteiger partial charge in [0.25, 0.3) is 0 Å². The average Bonchev–Trinajstić information content (AvgIpc) is 2.44. The van der Waals surface area contributed by atoms with Gasteiger partial charge < -0.3 is 10.2 Å². The fourth-order valence-corrected chi connectivity index (χ4v) is 2.56. The molecule has 25 heavy (non-hydrogen) atoms. The summed E-state index contributed by atoms with van der Waals surface area (Å²) in [6.07, 6.45) is 0. The Balaban J connectivity index is 2.53. The number of hydrogen-bond acceptors (Lipinski definition) is 3. The molecule has 1 rings (SSSR count). The molecule has 6 heteroatoms. The highest BCUT2D eigenvalue weighted by molar-refractivity contribution is 5.92. The number of hydrogen-bond donors (Lipinski definition) is 1. The van der Waals surface area contributed by atoms with Crippen LogP contribution in [0.3, 0.4) is 0 Å². The Morgan fingerprint density at radius 1 is 1.08 bits per heavy atom. The summed E-state index contributed by atoms with van der Waals surface area (Å²) in [5.74, 6) is 0.122. The Hall–Kier alpha value is -1.95. The van der Waals surface area contributed by atoms with Crippen LogP contribution in [0.1, 0.15) is 27.7 Å². The predicted octanol–water partition coefficient (Wildman–Crippen LogP) is 2.84. The number of nitrogens with zero attached hydrogens (tertiary/aromatic N) is 2. The van der Waals surface area contributed by atoms with Crippen LogP contribution in [0.2, 0.25) is 0 Å². The van der Waals surface area contributed by atoms with Gasteiger partial charge in [0.2, 0.25) is 11.8 Å². The Bertz CT molecular complexity index is 566. The number of halogens is 1. The number of amides is 2. The topological polar surface area (TPSA) is 52.7 Å². The lowest BCUT2D eigenvalue weighted by atomic mass is 10.1. The normalized spacial score (nSPS) is 11.2. The van der Waals surface area contributed by atoms with Gasteiger partial charge in [-0.05, 0) is 37.1 Å². The van der Waals surface area contributed by atoms with Crippen LogP contribution in [-0.4, -0.2) is 54.8 Å².